The largest absolute Gasteiger partial charge is 0.324 e. The van der Waals surface area contributed by atoms with E-state index in [2.05, 4.69) is 18.9 Å². The summed E-state index contributed by atoms with van der Waals surface area (Å²) in [6.45, 7) is 7.94. The van der Waals surface area contributed by atoms with Crippen molar-refractivity contribution in [3.8, 4) is 0 Å². The van der Waals surface area contributed by atoms with Crippen LogP contribution < -0.4 is 0 Å². The minimum absolute atomic E-state index is 0.264. The minimum Gasteiger partial charge on any atom is -0.324 e. The fourth-order valence-corrected chi connectivity index (χ4v) is 2.56. The predicted octanol–water partition coefficient (Wildman–Crippen LogP) is 1.09. The number of urea groups is 1. The van der Waals surface area contributed by atoms with Gasteiger partial charge in [0.15, 0.2) is 0 Å². The number of carbonyl (C=O) groups is 1. The highest BCUT2D eigenvalue weighted by atomic mass is 16.2. The molecule has 0 radical (unpaired) electrons. The first-order valence-electron chi connectivity index (χ1n) is 6.39. The molecule has 1 atom stereocenters. The van der Waals surface area contributed by atoms with E-state index in [1.807, 2.05) is 9.80 Å². The molecule has 2 amide bonds. The van der Waals surface area contributed by atoms with Gasteiger partial charge in [-0.1, -0.05) is 6.92 Å². The average molecular weight is 225 g/mol. The lowest BCUT2D eigenvalue weighted by Gasteiger charge is -2.38. The van der Waals surface area contributed by atoms with Crippen LogP contribution in [0.25, 0.3) is 0 Å². The third-order valence-corrected chi connectivity index (χ3v) is 3.70. The normalized spacial score (nSPS) is 28.2. The number of nitrogens with zero attached hydrogens (tertiary/aromatic N) is 3. The van der Waals surface area contributed by atoms with Crippen LogP contribution in [-0.2, 0) is 0 Å². The van der Waals surface area contributed by atoms with Gasteiger partial charge in [-0.2, -0.15) is 0 Å². The van der Waals surface area contributed by atoms with Crippen LogP contribution in [0.2, 0.25) is 0 Å². The molecule has 0 spiro atoms. The summed E-state index contributed by atoms with van der Waals surface area (Å²) >= 11 is 0. The van der Waals surface area contributed by atoms with E-state index in [9.17, 15) is 4.79 Å². The van der Waals surface area contributed by atoms with Crippen molar-refractivity contribution < 1.29 is 4.79 Å². The lowest BCUT2D eigenvalue weighted by Crippen LogP contribution is -2.53. The average Bonchev–Trinajstić information content (AvgIpc) is 2.29. The fourth-order valence-electron chi connectivity index (χ4n) is 2.56. The first-order chi connectivity index (χ1) is 7.66. The Morgan fingerprint density at radius 3 is 2.38 bits per heavy atom. The minimum atomic E-state index is 0.264. The lowest BCUT2D eigenvalue weighted by atomic mass is 10.0. The van der Waals surface area contributed by atoms with E-state index in [0.717, 1.165) is 39.3 Å². The Hall–Kier alpha value is -0.770. The van der Waals surface area contributed by atoms with Crippen molar-refractivity contribution in [3.05, 3.63) is 0 Å². The third-order valence-electron chi connectivity index (χ3n) is 3.70. The molecular formula is C12H23N3O. The fraction of sp³-hybridized carbons (Fsp3) is 0.917. The van der Waals surface area contributed by atoms with E-state index in [1.165, 1.54) is 12.8 Å². The molecule has 0 unspecified atom stereocenters. The molecule has 4 heteroatoms. The van der Waals surface area contributed by atoms with Gasteiger partial charge in [0.05, 0.1) is 0 Å². The maximum Gasteiger partial charge on any atom is 0.320 e. The van der Waals surface area contributed by atoms with Crippen molar-refractivity contribution in [3.63, 3.8) is 0 Å². The number of likely N-dealkylation sites (N-methyl/N-ethyl adjacent to an activating group) is 1. The van der Waals surface area contributed by atoms with E-state index < -0.39 is 0 Å². The zero-order valence-electron chi connectivity index (χ0n) is 10.5. The van der Waals surface area contributed by atoms with Gasteiger partial charge in [0.1, 0.15) is 0 Å². The topological polar surface area (TPSA) is 26.8 Å². The van der Waals surface area contributed by atoms with Crippen LogP contribution in [0.3, 0.4) is 0 Å². The van der Waals surface area contributed by atoms with Crippen LogP contribution >= 0.6 is 0 Å². The number of amides is 2. The maximum atomic E-state index is 12.2. The molecule has 0 N–H and O–H groups in total. The number of rotatable bonds is 0. The summed E-state index contributed by atoms with van der Waals surface area (Å²) in [7, 11) is 2.12. The van der Waals surface area contributed by atoms with Gasteiger partial charge in [0.2, 0.25) is 0 Å². The predicted molar refractivity (Wildman–Crippen MR) is 64.4 cm³/mol. The maximum absolute atomic E-state index is 12.2. The van der Waals surface area contributed by atoms with Crippen molar-refractivity contribution in [2.45, 2.75) is 19.8 Å². The van der Waals surface area contributed by atoms with Gasteiger partial charge >= 0.3 is 6.03 Å². The van der Waals surface area contributed by atoms with Gasteiger partial charge in [-0.3, -0.25) is 0 Å². The molecule has 0 aromatic heterocycles. The highest BCUT2D eigenvalue weighted by Crippen LogP contribution is 2.17. The first kappa shape index (κ1) is 11.7. The number of hydrogen-bond acceptors (Lipinski definition) is 2. The molecule has 2 rings (SSSR count). The van der Waals surface area contributed by atoms with Crippen molar-refractivity contribution in [2.24, 2.45) is 5.92 Å². The van der Waals surface area contributed by atoms with E-state index in [1.54, 1.807) is 0 Å². The smallest absolute Gasteiger partial charge is 0.320 e. The number of likely N-dealkylation sites (tertiary alicyclic amines) is 1. The summed E-state index contributed by atoms with van der Waals surface area (Å²) in [4.78, 5) is 18.6. The molecule has 0 aromatic rings. The zero-order chi connectivity index (χ0) is 11.5. The van der Waals surface area contributed by atoms with Gasteiger partial charge in [-0.15, -0.1) is 0 Å². The summed E-state index contributed by atoms with van der Waals surface area (Å²) < 4.78 is 0. The van der Waals surface area contributed by atoms with Crippen molar-refractivity contribution in [2.75, 3.05) is 46.3 Å². The monoisotopic (exact) mass is 225 g/mol. The standard InChI is InChI=1S/C12H23N3O/c1-11-4-3-5-15(10-11)12(16)14-8-6-13(2)7-9-14/h11H,3-10H2,1-2H3/t11-/m0/s1. The molecular weight excluding hydrogens is 202 g/mol. The summed E-state index contributed by atoms with van der Waals surface area (Å²) in [5.41, 5.74) is 0. The number of hydrogen-bond donors (Lipinski definition) is 0. The molecule has 0 saturated carbocycles. The lowest BCUT2D eigenvalue weighted by molar-refractivity contribution is 0.107. The van der Waals surface area contributed by atoms with Crippen LogP contribution in [0.4, 0.5) is 4.79 Å². The van der Waals surface area contributed by atoms with Crippen molar-refractivity contribution in [1.29, 1.82) is 0 Å². The number of piperazine rings is 1. The first-order valence-corrected chi connectivity index (χ1v) is 6.39. The number of piperidine rings is 1. The summed E-state index contributed by atoms with van der Waals surface area (Å²) in [6.07, 6.45) is 2.44. The number of carbonyl (C=O) groups excluding carboxylic acids is 1. The molecule has 2 fully saturated rings. The van der Waals surface area contributed by atoms with Gasteiger partial charge in [0.25, 0.3) is 0 Å². The molecule has 2 aliphatic heterocycles. The Labute approximate surface area is 98.2 Å². The molecule has 2 saturated heterocycles. The van der Waals surface area contributed by atoms with Crippen LogP contribution in [0.5, 0.6) is 0 Å². The van der Waals surface area contributed by atoms with Crippen LogP contribution in [-0.4, -0.2) is 67.0 Å². The van der Waals surface area contributed by atoms with Gasteiger partial charge < -0.3 is 14.7 Å². The Bertz CT molecular complexity index is 249. The molecule has 2 heterocycles. The highest BCUT2D eigenvalue weighted by molar-refractivity contribution is 5.74. The quantitative estimate of drug-likeness (QED) is 0.617. The molecule has 92 valence electrons. The summed E-state index contributed by atoms with van der Waals surface area (Å²) in [5, 5.41) is 0. The molecule has 2 aliphatic rings. The summed E-state index contributed by atoms with van der Waals surface area (Å²) in [6, 6.07) is 0.264. The molecule has 0 aliphatic carbocycles. The van der Waals surface area contributed by atoms with Crippen molar-refractivity contribution in [1.82, 2.24) is 14.7 Å². The van der Waals surface area contributed by atoms with Crippen molar-refractivity contribution >= 4 is 6.03 Å². The second-order valence-corrected chi connectivity index (χ2v) is 5.27. The second kappa shape index (κ2) is 5.04. The van der Waals surface area contributed by atoms with E-state index >= 15 is 0 Å². The Kier molecular flexibility index (Phi) is 3.69. The third kappa shape index (κ3) is 2.67. The van der Waals surface area contributed by atoms with Gasteiger partial charge in [-0.25, -0.2) is 4.79 Å². The molecule has 0 aromatic carbocycles. The summed E-state index contributed by atoms with van der Waals surface area (Å²) in [5.74, 6) is 0.671. The van der Waals surface area contributed by atoms with Crippen LogP contribution in [0.1, 0.15) is 19.8 Å². The van der Waals surface area contributed by atoms with Crippen LogP contribution in [0.15, 0.2) is 0 Å². The molecule has 0 bridgehead atoms. The molecule has 4 nitrogen and oxygen atoms in total. The van der Waals surface area contributed by atoms with E-state index in [4.69, 9.17) is 0 Å². The van der Waals surface area contributed by atoms with Gasteiger partial charge in [0, 0.05) is 39.3 Å². The second-order valence-electron chi connectivity index (χ2n) is 5.27. The van der Waals surface area contributed by atoms with E-state index in [0.29, 0.717) is 5.92 Å². The Morgan fingerprint density at radius 1 is 1.06 bits per heavy atom. The molecule has 16 heavy (non-hydrogen) atoms. The highest BCUT2D eigenvalue weighted by Gasteiger charge is 2.26. The SMILES string of the molecule is C[C@H]1CCCN(C(=O)N2CCN(C)CC2)C1. The van der Waals surface area contributed by atoms with Crippen LogP contribution in [0, 0.1) is 5.92 Å². The Balaban J connectivity index is 1.86. The Morgan fingerprint density at radius 2 is 1.75 bits per heavy atom. The zero-order valence-corrected chi connectivity index (χ0v) is 10.5. The van der Waals surface area contributed by atoms with Gasteiger partial charge in [-0.05, 0) is 25.8 Å². The van der Waals surface area contributed by atoms with E-state index in [-0.39, 0.29) is 6.03 Å².